The molecule has 0 atom stereocenters. The molecule has 5 rings (SSSR count). The molecular weight excluding hydrogens is 470 g/mol. The first-order valence-electron chi connectivity index (χ1n) is 10.1. The van der Waals surface area contributed by atoms with E-state index in [1.165, 1.54) is 28.0 Å². The molecule has 0 saturated heterocycles. The van der Waals surface area contributed by atoms with Crippen molar-refractivity contribution in [1.82, 2.24) is 10.2 Å². The number of nitrogens with one attached hydrogen (secondary N) is 1. The summed E-state index contributed by atoms with van der Waals surface area (Å²) in [6.45, 7) is 0. The van der Waals surface area contributed by atoms with E-state index >= 15 is 0 Å². The van der Waals surface area contributed by atoms with Gasteiger partial charge in [-0.25, -0.2) is 0 Å². The summed E-state index contributed by atoms with van der Waals surface area (Å²) < 4.78 is 13.8. The van der Waals surface area contributed by atoms with E-state index in [1.54, 1.807) is 0 Å². The predicted molar refractivity (Wildman–Crippen MR) is 134 cm³/mol. The van der Waals surface area contributed by atoms with E-state index in [9.17, 15) is 4.39 Å². The molecule has 0 aliphatic carbocycles. The number of aromatic amines is 1. The van der Waals surface area contributed by atoms with Gasteiger partial charge in [0.05, 0.1) is 0 Å². The Morgan fingerprint density at radius 2 is 1.19 bits per heavy atom. The van der Waals surface area contributed by atoms with Gasteiger partial charge in [0.2, 0.25) is 0 Å². The van der Waals surface area contributed by atoms with Crippen LogP contribution in [0.2, 0.25) is 0 Å². The maximum absolute atomic E-state index is 13.8. The monoisotopic (exact) mass is 490 g/mol. The summed E-state index contributed by atoms with van der Waals surface area (Å²) in [5.74, 6) is -0.281. The Hall–Kier alpha value is -2.81. The zero-order valence-corrected chi connectivity index (χ0v) is 19.2. The summed E-state index contributed by atoms with van der Waals surface area (Å²) in [5.41, 5.74) is 1.63. The summed E-state index contributed by atoms with van der Waals surface area (Å²) in [6.07, 6.45) is 0.686. The van der Waals surface area contributed by atoms with Gasteiger partial charge in [0.15, 0.2) is 0 Å². The van der Waals surface area contributed by atoms with Gasteiger partial charge in [-0.1, -0.05) is 0 Å². The van der Waals surface area contributed by atoms with Crippen LogP contribution in [0.25, 0.3) is 10.9 Å². The van der Waals surface area contributed by atoms with Gasteiger partial charge in [0, 0.05) is 0 Å². The first-order chi connectivity index (χ1) is 15.1. The zero-order valence-electron chi connectivity index (χ0n) is 16.7. The zero-order chi connectivity index (χ0) is 21.3. The Morgan fingerprint density at radius 3 is 1.68 bits per heavy atom. The molecule has 1 N–H and O–H groups in total. The topological polar surface area (TPSA) is 28.7 Å². The van der Waals surface area contributed by atoms with Crippen molar-refractivity contribution in [3.05, 3.63) is 121 Å². The Balaban J connectivity index is 1.86. The fourth-order valence-electron chi connectivity index (χ4n) is 4.40. The minimum atomic E-state index is -3.13. The Labute approximate surface area is 188 Å². The van der Waals surface area contributed by atoms with Crippen LogP contribution >= 0.6 is 20.8 Å². The molecule has 0 fully saturated rings. The summed E-state index contributed by atoms with van der Waals surface area (Å²) in [4.78, 5) is 0. The van der Waals surface area contributed by atoms with Crippen molar-refractivity contribution in [2.45, 2.75) is 6.16 Å². The van der Waals surface area contributed by atoms with Crippen LogP contribution in [0, 0.1) is 5.82 Å². The molecule has 1 aromatic heterocycles. The number of nitrogens with zero attached hydrogens (tertiary/aromatic N) is 1. The van der Waals surface area contributed by atoms with Gasteiger partial charge in [-0.15, -0.1) is 0 Å². The summed E-state index contributed by atoms with van der Waals surface area (Å²) >= 11 is 4.45. The number of fused-ring (bicyclic) bond motifs is 1. The van der Waals surface area contributed by atoms with Gasteiger partial charge in [0.25, 0.3) is 0 Å². The molecule has 0 unspecified atom stereocenters. The molecule has 5 aromatic rings. The molecule has 0 bridgehead atoms. The van der Waals surface area contributed by atoms with Gasteiger partial charge in [-0.3, -0.25) is 0 Å². The van der Waals surface area contributed by atoms with Crippen LogP contribution in [0.3, 0.4) is 0 Å². The predicted octanol–water partition coefficient (Wildman–Crippen LogP) is 6.04. The molecule has 0 radical (unpaired) electrons. The van der Waals surface area contributed by atoms with E-state index in [-0.39, 0.29) is 5.82 Å². The van der Waals surface area contributed by atoms with Gasteiger partial charge in [0.1, 0.15) is 0 Å². The molecule has 0 amide bonds. The first kappa shape index (κ1) is 20.1. The second kappa shape index (κ2) is 7.71. The van der Waals surface area contributed by atoms with Crippen LogP contribution in [0.1, 0.15) is 5.69 Å². The SMILES string of the molecule is Fc1ccc2c(CP(Br)(c3ccccc3)(c3ccccc3)c3ccccc3)[nH]nc2c1. The third-order valence-electron chi connectivity index (χ3n) is 5.93. The average Bonchev–Trinajstić information content (AvgIpc) is 3.22. The fourth-order valence-corrected chi connectivity index (χ4v) is 11.9. The average molecular weight is 491 g/mol. The number of H-pyrrole nitrogens is 1. The van der Waals surface area contributed by atoms with Crippen molar-refractivity contribution in [1.29, 1.82) is 0 Å². The summed E-state index contributed by atoms with van der Waals surface area (Å²) in [7, 11) is 0. The molecule has 5 heteroatoms. The van der Waals surface area contributed by atoms with Crippen molar-refractivity contribution < 1.29 is 4.39 Å². The molecule has 0 saturated carbocycles. The Morgan fingerprint density at radius 1 is 0.710 bits per heavy atom. The molecule has 154 valence electrons. The molecule has 1 heterocycles. The fraction of sp³-hybridized carbons (Fsp3) is 0.0385. The molecule has 31 heavy (non-hydrogen) atoms. The molecular formula is C26H21BrFN2P. The van der Waals surface area contributed by atoms with Crippen molar-refractivity contribution in [2.24, 2.45) is 0 Å². The van der Waals surface area contributed by atoms with Gasteiger partial charge in [-0.2, -0.15) is 0 Å². The number of halogens is 2. The Kier molecular flexibility index (Phi) is 5.00. The minimum absolute atomic E-state index is 0.281. The second-order valence-corrected chi connectivity index (χ2v) is 16.6. The van der Waals surface area contributed by atoms with Crippen LogP contribution in [-0.2, 0) is 6.16 Å². The standard InChI is InChI=1S/C26H21BrFN2P/c27-31(21-10-4-1-5-11-21,22-12-6-2-7-13-22,23-14-8-3-9-15-23)19-26-24-17-16-20(28)18-25(24)29-30-26/h1-18H,19H2,(H,29,30). The van der Waals surface area contributed by atoms with E-state index in [4.69, 9.17) is 0 Å². The van der Waals surface area contributed by atoms with Gasteiger partial charge >= 0.3 is 189 Å². The van der Waals surface area contributed by atoms with Gasteiger partial charge in [-0.05, 0) is 0 Å². The maximum atomic E-state index is 13.8. The third kappa shape index (κ3) is 3.22. The number of hydrogen-bond donors (Lipinski definition) is 1. The number of rotatable bonds is 5. The van der Waals surface area contributed by atoms with E-state index in [0.717, 1.165) is 11.1 Å². The van der Waals surface area contributed by atoms with Crippen LogP contribution in [0.5, 0.6) is 0 Å². The number of hydrogen-bond acceptors (Lipinski definition) is 1. The van der Waals surface area contributed by atoms with Crippen LogP contribution < -0.4 is 15.9 Å². The van der Waals surface area contributed by atoms with E-state index in [0.29, 0.717) is 11.7 Å². The third-order valence-corrected chi connectivity index (χ3v) is 15.4. The van der Waals surface area contributed by atoms with Gasteiger partial charge < -0.3 is 0 Å². The number of benzene rings is 4. The van der Waals surface area contributed by atoms with E-state index in [1.807, 2.05) is 24.3 Å². The van der Waals surface area contributed by atoms with E-state index in [2.05, 4.69) is 98.5 Å². The van der Waals surface area contributed by atoms with Crippen LogP contribution in [-0.4, -0.2) is 10.2 Å². The first-order valence-corrected chi connectivity index (χ1v) is 14.6. The molecule has 2 nitrogen and oxygen atoms in total. The number of aromatic nitrogens is 2. The molecule has 4 aromatic carbocycles. The normalized spacial score (nSPS) is 13.0. The second-order valence-electron chi connectivity index (χ2n) is 7.71. The molecule has 0 aliphatic rings. The molecule has 0 aliphatic heterocycles. The van der Waals surface area contributed by atoms with Crippen molar-refractivity contribution in [3.8, 4) is 0 Å². The summed E-state index contributed by atoms with van der Waals surface area (Å²) in [6, 6.07) is 36.6. The molecule has 0 spiro atoms. The summed E-state index contributed by atoms with van der Waals surface area (Å²) in [5, 5.41) is 9.14. The Bertz CT molecular complexity index is 1240. The van der Waals surface area contributed by atoms with Crippen molar-refractivity contribution in [3.63, 3.8) is 0 Å². The van der Waals surface area contributed by atoms with Crippen molar-refractivity contribution in [2.75, 3.05) is 0 Å². The quantitative estimate of drug-likeness (QED) is 0.299. The van der Waals surface area contributed by atoms with Crippen molar-refractivity contribution >= 4 is 47.6 Å². The van der Waals surface area contributed by atoms with E-state index < -0.39 is 5.31 Å². The van der Waals surface area contributed by atoms with Crippen LogP contribution in [0.15, 0.2) is 109 Å². The van der Waals surface area contributed by atoms with Crippen LogP contribution in [0.4, 0.5) is 4.39 Å².